The Morgan fingerprint density at radius 2 is 2.28 bits per heavy atom. The van der Waals surface area contributed by atoms with E-state index in [1.165, 1.54) is 11.4 Å². The third kappa shape index (κ3) is 3.76. The predicted molar refractivity (Wildman–Crippen MR) is 72.9 cm³/mol. The van der Waals surface area contributed by atoms with Gasteiger partial charge in [-0.2, -0.15) is 9.57 Å². The van der Waals surface area contributed by atoms with Crippen LogP contribution in [0.4, 0.5) is 0 Å². The molecule has 0 aliphatic heterocycles. The summed E-state index contributed by atoms with van der Waals surface area (Å²) in [6.45, 7) is 0.713. The van der Waals surface area contributed by atoms with Crippen molar-refractivity contribution in [3.63, 3.8) is 0 Å². The van der Waals surface area contributed by atoms with Gasteiger partial charge in [-0.15, -0.1) is 11.3 Å². The molecule has 0 unspecified atom stereocenters. The van der Waals surface area contributed by atoms with E-state index in [9.17, 15) is 8.42 Å². The number of ether oxygens (including phenoxy) is 1. The minimum absolute atomic E-state index is 0.159. The van der Waals surface area contributed by atoms with E-state index >= 15 is 0 Å². The first-order chi connectivity index (χ1) is 8.54. The summed E-state index contributed by atoms with van der Waals surface area (Å²) >= 11 is 4.37. The molecule has 8 heteroatoms. The number of methoxy groups -OCH3 is 1. The van der Waals surface area contributed by atoms with Crippen LogP contribution in [0, 0.1) is 11.3 Å². The summed E-state index contributed by atoms with van der Waals surface area (Å²) in [5.41, 5.74) is 0. The number of halogens is 1. The van der Waals surface area contributed by atoms with Crippen molar-refractivity contribution in [1.29, 1.82) is 5.26 Å². The highest BCUT2D eigenvalue weighted by Gasteiger charge is 2.27. The highest BCUT2D eigenvalue weighted by atomic mass is 79.9. The first-order valence-corrected chi connectivity index (χ1v) is 8.24. The number of thiophene rings is 1. The molecule has 0 radical (unpaired) electrons. The molecule has 100 valence electrons. The lowest BCUT2D eigenvalue weighted by molar-refractivity contribution is 0.179. The number of sulfonamides is 1. The first kappa shape index (κ1) is 15.6. The highest BCUT2D eigenvalue weighted by Crippen LogP contribution is 2.30. The van der Waals surface area contributed by atoms with Gasteiger partial charge in [0.25, 0.3) is 10.0 Å². The van der Waals surface area contributed by atoms with Crippen molar-refractivity contribution in [2.45, 2.75) is 10.6 Å². The Balaban J connectivity index is 2.96. The molecule has 1 rings (SSSR count). The molecule has 0 fully saturated rings. The molecule has 0 aliphatic rings. The zero-order valence-corrected chi connectivity index (χ0v) is 13.0. The van der Waals surface area contributed by atoms with Gasteiger partial charge in [-0.05, 0) is 27.4 Å². The van der Waals surface area contributed by atoms with Gasteiger partial charge in [-0.25, -0.2) is 8.42 Å². The van der Waals surface area contributed by atoms with Crippen LogP contribution in [0.3, 0.4) is 0 Å². The summed E-state index contributed by atoms with van der Waals surface area (Å²) < 4.78 is 31.7. The van der Waals surface area contributed by atoms with E-state index < -0.39 is 10.0 Å². The number of rotatable bonds is 7. The third-order valence-electron chi connectivity index (χ3n) is 2.18. The predicted octanol–water partition coefficient (Wildman–Crippen LogP) is 2.06. The zero-order valence-electron chi connectivity index (χ0n) is 9.80. The molecule has 0 amide bonds. The van der Waals surface area contributed by atoms with Gasteiger partial charge in [-0.3, -0.25) is 0 Å². The van der Waals surface area contributed by atoms with E-state index in [0.29, 0.717) is 11.1 Å². The van der Waals surface area contributed by atoms with E-state index in [4.69, 9.17) is 10.00 Å². The molecule has 1 heterocycles. The van der Waals surface area contributed by atoms with Crippen LogP contribution in [0.1, 0.15) is 6.42 Å². The fourth-order valence-electron chi connectivity index (χ4n) is 1.30. The normalized spacial score (nSPS) is 11.7. The van der Waals surface area contributed by atoms with Crippen molar-refractivity contribution in [3.05, 3.63) is 15.9 Å². The number of hydrogen-bond donors (Lipinski definition) is 0. The molecule has 1 aromatic rings. The Morgan fingerprint density at radius 3 is 2.78 bits per heavy atom. The molecular formula is C10H13BrN2O3S2. The topological polar surface area (TPSA) is 70.4 Å². The number of nitriles is 1. The van der Waals surface area contributed by atoms with Crippen LogP contribution >= 0.6 is 27.3 Å². The van der Waals surface area contributed by atoms with Crippen molar-refractivity contribution in [3.8, 4) is 6.07 Å². The number of nitrogens with zero attached hydrogens (tertiary/aromatic N) is 2. The lowest BCUT2D eigenvalue weighted by Gasteiger charge is -2.20. The third-order valence-corrected chi connectivity index (χ3v) is 6.72. The molecule has 0 bridgehead atoms. The fraction of sp³-hybridized carbons (Fsp3) is 0.500. The van der Waals surface area contributed by atoms with E-state index in [2.05, 4.69) is 15.9 Å². The lowest BCUT2D eigenvalue weighted by atomic mass is 10.4. The van der Waals surface area contributed by atoms with Crippen LogP contribution in [0.15, 0.2) is 20.1 Å². The molecule has 0 saturated heterocycles. The Bertz CT molecular complexity index is 521. The molecule has 5 nitrogen and oxygen atoms in total. The minimum atomic E-state index is -3.56. The van der Waals surface area contributed by atoms with Crippen LogP contribution in [0.2, 0.25) is 0 Å². The smallest absolute Gasteiger partial charge is 0.253 e. The maximum absolute atomic E-state index is 12.4. The summed E-state index contributed by atoms with van der Waals surface area (Å²) in [5.74, 6) is 0. The maximum Gasteiger partial charge on any atom is 0.253 e. The van der Waals surface area contributed by atoms with E-state index in [1.54, 1.807) is 11.4 Å². The van der Waals surface area contributed by atoms with Gasteiger partial charge in [-0.1, -0.05) is 0 Å². The van der Waals surface area contributed by atoms with Crippen molar-refractivity contribution in [2.24, 2.45) is 0 Å². The molecule has 18 heavy (non-hydrogen) atoms. The second kappa shape index (κ2) is 7.21. The van der Waals surface area contributed by atoms with Crippen LogP contribution in [-0.2, 0) is 14.8 Å². The van der Waals surface area contributed by atoms with Crippen molar-refractivity contribution < 1.29 is 13.2 Å². The fourth-order valence-corrected chi connectivity index (χ4v) is 5.18. The molecule has 0 N–H and O–H groups in total. The lowest BCUT2D eigenvalue weighted by Crippen LogP contribution is -2.34. The minimum Gasteiger partial charge on any atom is -0.383 e. The van der Waals surface area contributed by atoms with Crippen molar-refractivity contribution in [1.82, 2.24) is 4.31 Å². The highest BCUT2D eigenvalue weighted by molar-refractivity contribution is 9.10. The molecular weight excluding hydrogens is 340 g/mol. The quantitative estimate of drug-likeness (QED) is 0.752. The Kier molecular flexibility index (Phi) is 6.25. The van der Waals surface area contributed by atoms with Gasteiger partial charge >= 0.3 is 0 Å². The summed E-state index contributed by atoms with van der Waals surface area (Å²) in [4.78, 5) is 0. The molecule has 0 atom stereocenters. The summed E-state index contributed by atoms with van der Waals surface area (Å²) in [6.07, 6.45) is 0.159. The molecule has 0 saturated carbocycles. The van der Waals surface area contributed by atoms with Crippen LogP contribution in [0.5, 0.6) is 0 Å². The second-order valence-corrected chi connectivity index (χ2v) is 7.26. The van der Waals surface area contributed by atoms with E-state index in [1.807, 2.05) is 6.07 Å². The molecule has 0 aliphatic carbocycles. The second-order valence-electron chi connectivity index (χ2n) is 3.36. The van der Waals surface area contributed by atoms with Gasteiger partial charge in [0.05, 0.1) is 12.7 Å². The standard InChI is InChI=1S/C10H13BrN2O3S2/c1-16-7-6-13(5-2-4-12)18(14,15)10-9(11)3-8-17-10/h3,8H,2,5-7H2,1H3. The Morgan fingerprint density at radius 1 is 1.56 bits per heavy atom. The Hall–Kier alpha value is -0.460. The van der Waals surface area contributed by atoms with E-state index in [0.717, 1.165) is 11.3 Å². The average molecular weight is 353 g/mol. The van der Waals surface area contributed by atoms with Crippen molar-refractivity contribution >= 4 is 37.3 Å². The number of hydrogen-bond acceptors (Lipinski definition) is 5. The van der Waals surface area contributed by atoms with Gasteiger partial charge in [0.1, 0.15) is 4.21 Å². The zero-order chi connectivity index (χ0) is 13.6. The summed E-state index contributed by atoms with van der Waals surface area (Å²) in [7, 11) is -2.05. The van der Waals surface area contributed by atoms with E-state index in [-0.39, 0.29) is 23.7 Å². The molecule has 1 aromatic heterocycles. The maximum atomic E-state index is 12.4. The van der Waals surface area contributed by atoms with Gasteiger partial charge in [0, 0.05) is 31.1 Å². The SMILES string of the molecule is COCCN(CCC#N)S(=O)(=O)c1sccc1Br. The van der Waals surface area contributed by atoms with Gasteiger partial charge in [0.15, 0.2) is 0 Å². The van der Waals surface area contributed by atoms with Crippen molar-refractivity contribution in [2.75, 3.05) is 26.8 Å². The molecule has 0 spiro atoms. The molecule has 0 aromatic carbocycles. The van der Waals surface area contributed by atoms with Gasteiger partial charge in [0.2, 0.25) is 0 Å². The van der Waals surface area contributed by atoms with Crippen LogP contribution in [-0.4, -0.2) is 39.5 Å². The van der Waals surface area contributed by atoms with Gasteiger partial charge < -0.3 is 4.74 Å². The summed E-state index contributed by atoms with van der Waals surface area (Å²) in [6, 6.07) is 3.64. The van der Waals surface area contributed by atoms with Crippen LogP contribution < -0.4 is 0 Å². The largest absolute Gasteiger partial charge is 0.383 e. The first-order valence-electron chi connectivity index (χ1n) is 5.13. The Labute approximate surface area is 119 Å². The summed E-state index contributed by atoms with van der Waals surface area (Å²) in [5, 5.41) is 10.3. The van der Waals surface area contributed by atoms with Crippen LogP contribution in [0.25, 0.3) is 0 Å². The monoisotopic (exact) mass is 352 g/mol. The average Bonchev–Trinajstić information content (AvgIpc) is 2.76.